The highest BCUT2D eigenvalue weighted by Crippen LogP contribution is 2.27. The van der Waals surface area contributed by atoms with E-state index < -0.39 is 0 Å². The number of pyridine rings is 1. The Morgan fingerprint density at radius 1 is 1.15 bits per heavy atom. The fourth-order valence-electron chi connectivity index (χ4n) is 3.83. The van der Waals surface area contributed by atoms with Crippen LogP contribution in [0, 0.1) is 13.8 Å². The Morgan fingerprint density at radius 2 is 1.85 bits per heavy atom. The third-order valence-electron chi connectivity index (χ3n) is 5.40. The standard InChI is InChI=1S/C21H24N2O3/c1-13-6-5-7-14(2)19(13)26-16-11-23(12-16)21(25)17-10-15-8-3-4-9-18(15)22-20(17)24/h5-7,10,16H,3-4,8-9,11-12H2,1-2H3,(H,22,24). The molecular formula is C21H24N2O3. The van der Waals surface area contributed by atoms with Crippen molar-refractivity contribution < 1.29 is 9.53 Å². The molecule has 2 heterocycles. The lowest BCUT2D eigenvalue weighted by atomic mass is 9.94. The lowest BCUT2D eigenvalue weighted by molar-refractivity contribution is 0.0171. The predicted octanol–water partition coefficient (Wildman–Crippen LogP) is 2.77. The van der Waals surface area contributed by atoms with Crippen LogP contribution in [-0.4, -0.2) is 35.0 Å². The molecule has 1 aromatic carbocycles. The molecule has 4 rings (SSSR count). The summed E-state index contributed by atoms with van der Waals surface area (Å²) in [5.74, 6) is 0.706. The van der Waals surface area contributed by atoms with E-state index in [0.717, 1.165) is 53.8 Å². The van der Waals surface area contributed by atoms with Crippen LogP contribution < -0.4 is 10.3 Å². The summed E-state index contributed by atoms with van der Waals surface area (Å²) in [6.07, 6.45) is 4.02. The molecule has 2 aliphatic rings. The van der Waals surface area contributed by atoms with Crippen molar-refractivity contribution in [2.45, 2.75) is 45.6 Å². The minimum absolute atomic E-state index is 0.0181. The van der Waals surface area contributed by atoms with Crippen LogP contribution in [0.4, 0.5) is 0 Å². The Kier molecular flexibility index (Phi) is 4.31. The summed E-state index contributed by atoms with van der Waals surface area (Å²) in [7, 11) is 0. The van der Waals surface area contributed by atoms with E-state index >= 15 is 0 Å². The van der Waals surface area contributed by atoms with Crippen LogP contribution in [0.15, 0.2) is 29.1 Å². The zero-order valence-electron chi connectivity index (χ0n) is 15.3. The molecule has 1 aliphatic heterocycles. The highest BCUT2D eigenvalue weighted by Gasteiger charge is 2.34. The number of nitrogens with one attached hydrogen (secondary N) is 1. The number of hydrogen-bond donors (Lipinski definition) is 1. The van der Waals surface area contributed by atoms with Gasteiger partial charge in [-0.1, -0.05) is 18.2 Å². The van der Waals surface area contributed by atoms with Gasteiger partial charge in [0.2, 0.25) is 0 Å². The van der Waals surface area contributed by atoms with Gasteiger partial charge in [-0.3, -0.25) is 9.59 Å². The molecule has 0 atom stereocenters. The number of benzene rings is 1. The molecule has 5 nitrogen and oxygen atoms in total. The minimum atomic E-state index is -0.269. The zero-order chi connectivity index (χ0) is 18.3. The smallest absolute Gasteiger partial charge is 0.261 e. The Balaban J connectivity index is 1.44. The number of aromatic nitrogens is 1. The van der Waals surface area contributed by atoms with Gasteiger partial charge < -0.3 is 14.6 Å². The van der Waals surface area contributed by atoms with E-state index in [1.165, 1.54) is 0 Å². The van der Waals surface area contributed by atoms with Gasteiger partial charge in [-0.15, -0.1) is 0 Å². The van der Waals surface area contributed by atoms with E-state index in [9.17, 15) is 9.59 Å². The van der Waals surface area contributed by atoms with Crippen LogP contribution in [0.2, 0.25) is 0 Å². The van der Waals surface area contributed by atoms with E-state index in [4.69, 9.17) is 4.74 Å². The Hall–Kier alpha value is -2.56. The summed E-state index contributed by atoms with van der Waals surface area (Å²) in [6.45, 7) is 5.08. The fraction of sp³-hybridized carbons (Fsp3) is 0.429. The summed E-state index contributed by atoms with van der Waals surface area (Å²) in [5, 5.41) is 0. The normalized spacial score (nSPS) is 16.8. The number of rotatable bonds is 3. The second kappa shape index (κ2) is 6.63. The molecule has 1 aromatic heterocycles. The molecule has 136 valence electrons. The second-order valence-corrected chi connectivity index (χ2v) is 7.39. The average molecular weight is 352 g/mol. The number of likely N-dealkylation sites (tertiary alicyclic amines) is 1. The molecule has 0 bridgehead atoms. The first-order valence-electron chi connectivity index (χ1n) is 9.30. The van der Waals surface area contributed by atoms with Crippen LogP contribution in [-0.2, 0) is 12.8 Å². The molecule has 0 unspecified atom stereocenters. The number of carbonyl (C=O) groups is 1. The maximum atomic E-state index is 12.7. The summed E-state index contributed by atoms with van der Waals surface area (Å²) >= 11 is 0. The third kappa shape index (κ3) is 3.02. The van der Waals surface area contributed by atoms with E-state index in [-0.39, 0.29) is 23.1 Å². The monoisotopic (exact) mass is 352 g/mol. The van der Waals surface area contributed by atoms with E-state index in [1.54, 1.807) is 11.0 Å². The van der Waals surface area contributed by atoms with Gasteiger partial charge in [0.15, 0.2) is 0 Å². The largest absolute Gasteiger partial charge is 0.486 e. The van der Waals surface area contributed by atoms with E-state index in [0.29, 0.717) is 13.1 Å². The van der Waals surface area contributed by atoms with Crippen molar-refractivity contribution in [3.63, 3.8) is 0 Å². The number of aromatic amines is 1. The molecule has 0 saturated carbocycles. The number of H-pyrrole nitrogens is 1. The van der Waals surface area contributed by atoms with Crippen molar-refractivity contribution in [1.29, 1.82) is 0 Å². The molecule has 1 amide bonds. The molecule has 26 heavy (non-hydrogen) atoms. The van der Waals surface area contributed by atoms with Crippen LogP contribution in [0.25, 0.3) is 0 Å². The summed E-state index contributed by atoms with van der Waals surface area (Å²) in [5.41, 5.74) is 4.30. The SMILES string of the molecule is Cc1cccc(C)c1OC1CN(C(=O)c2cc3c([nH]c2=O)CCCC3)C1. The van der Waals surface area contributed by atoms with Gasteiger partial charge in [-0.05, 0) is 62.3 Å². The van der Waals surface area contributed by atoms with Crippen LogP contribution >= 0.6 is 0 Å². The summed E-state index contributed by atoms with van der Waals surface area (Å²) < 4.78 is 6.07. The molecule has 1 N–H and O–H groups in total. The van der Waals surface area contributed by atoms with Gasteiger partial charge in [0.05, 0.1) is 13.1 Å². The van der Waals surface area contributed by atoms with Crippen molar-refractivity contribution in [3.8, 4) is 5.75 Å². The molecular weight excluding hydrogens is 328 g/mol. The van der Waals surface area contributed by atoms with Gasteiger partial charge in [0, 0.05) is 5.69 Å². The third-order valence-corrected chi connectivity index (χ3v) is 5.40. The first-order chi connectivity index (χ1) is 12.5. The number of nitrogens with zero attached hydrogens (tertiary/aromatic N) is 1. The van der Waals surface area contributed by atoms with Crippen molar-refractivity contribution >= 4 is 5.91 Å². The van der Waals surface area contributed by atoms with Crippen molar-refractivity contribution in [2.24, 2.45) is 0 Å². The van der Waals surface area contributed by atoms with Gasteiger partial charge >= 0.3 is 0 Å². The molecule has 2 aromatic rings. The molecule has 1 aliphatic carbocycles. The predicted molar refractivity (Wildman–Crippen MR) is 99.9 cm³/mol. The van der Waals surface area contributed by atoms with E-state index in [2.05, 4.69) is 4.98 Å². The van der Waals surface area contributed by atoms with Crippen LogP contribution in [0.5, 0.6) is 5.75 Å². The van der Waals surface area contributed by atoms with Gasteiger partial charge in [-0.2, -0.15) is 0 Å². The van der Waals surface area contributed by atoms with E-state index in [1.807, 2.05) is 32.0 Å². The molecule has 1 saturated heterocycles. The number of amides is 1. The highest BCUT2D eigenvalue weighted by atomic mass is 16.5. The second-order valence-electron chi connectivity index (χ2n) is 7.39. The topological polar surface area (TPSA) is 62.4 Å². The highest BCUT2D eigenvalue weighted by molar-refractivity contribution is 5.94. The summed E-state index contributed by atoms with van der Waals surface area (Å²) in [4.78, 5) is 29.6. The van der Waals surface area contributed by atoms with Gasteiger partial charge in [0.1, 0.15) is 17.4 Å². The number of aryl methyl sites for hydroxylation is 4. The lowest BCUT2D eigenvalue weighted by Gasteiger charge is -2.39. The Labute approximate surface area is 153 Å². The number of carbonyl (C=O) groups excluding carboxylic acids is 1. The van der Waals surface area contributed by atoms with Crippen molar-refractivity contribution in [1.82, 2.24) is 9.88 Å². The molecule has 5 heteroatoms. The molecule has 0 radical (unpaired) electrons. The van der Waals surface area contributed by atoms with Crippen molar-refractivity contribution in [2.75, 3.05) is 13.1 Å². The number of para-hydroxylation sites is 1. The molecule has 1 fully saturated rings. The maximum absolute atomic E-state index is 12.7. The van der Waals surface area contributed by atoms with Crippen LogP contribution in [0.1, 0.15) is 45.6 Å². The van der Waals surface area contributed by atoms with Crippen molar-refractivity contribution in [3.05, 3.63) is 62.6 Å². The number of fused-ring (bicyclic) bond motifs is 1. The molecule has 0 spiro atoms. The summed E-state index contributed by atoms with van der Waals surface area (Å²) in [6, 6.07) is 7.86. The number of hydrogen-bond acceptors (Lipinski definition) is 3. The van der Waals surface area contributed by atoms with Crippen LogP contribution in [0.3, 0.4) is 0 Å². The van der Waals surface area contributed by atoms with Gasteiger partial charge in [0.25, 0.3) is 11.5 Å². The van der Waals surface area contributed by atoms with Gasteiger partial charge in [-0.25, -0.2) is 0 Å². The first-order valence-corrected chi connectivity index (χ1v) is 9.30. The zero-order valence-corrected chi connectivity index (χ0v) is 15.3. The maximum Gasteiger partial charge on any atom is 0.261 e. The number of ether oxygens (including phenoxy) is 1. The lowest BCUT2D eigenvalue weighted by Crippen LogP contribution is -2.57. The Morgan fingerprint density at radius 3 is 2.58 bits per heavy atom. The Bertz CT molecular complexity index is 890. The average Bonchev–Trinajstić information content (AvgIpc) is 2.58. The fourth-order valence-corrected chi connectivity index (χ4v) is 3.83. The minimum Gasteiger partial charge on any atom is -0.486 e. The first kappa shape index (κ1) is 16.9. The quantitative estimate of drug-likeness (QED) is 0.924.